The van der Waals surface area contributed by atoms with Gasteiger partial charge in [0, 0.05) is 23.9 Å². The monoisotopic (exact) mass is 427 g/mol. The number of amides is 2. The normalized spacial score (nSPS) is 10.9. The predicted molar refractivity (Wildman–Crippen MR) is 112 cm³/mol. The molecule has 0 aliphatic rings. The largest absolute Gasteiger partial charge is 0.326 e. The molecule has 0 atom stereocenters. The van der Waals surface area contributed by atoms with Gasteiger partial charge in [0.15, 0.2) is 0 Å². The smallest absolute Gasteiger partial charge is 0.261 e. The SMILES string of the molecule is CC(=O)Nc1ccc(F)c(NC(=O)c2ccc(NS(=O)(=O)c3ccccc3)cc2)c1. The van der Waals surface area contributed by atoms with Crippen molar-refractivity contribution in [2.45, 2.75) is 11.8 Å². The van der Waals surface area contributed by atoms with Crippen molar-refractivity contribution in [2.75, 3.05) is 15.4 Å². The van der Waals surface area contributed by atoms with E-state index in [0.717, 1.165) is 6.07 Å². The fraction of sp³-hybridized carbons (Fsp3) is 0.0476. The van der Waals surface area contributed by atoms with Crippen LogP contribution >= 0.6 is 0 Å². The molecule has 0 saturated heterocycles. The van der Waals surface area contributed by atoms with Crippen LogP contribution in [0.3, 0.4) is 0 Å². The van der Waals surface area contributed by atoms with Crippen LogP contribution in [0, 0.1) is 5.82 Å². The van der Waals surface area contributed by atoms with Crippen molar-refractivity contribution in [2.24, 2.45) is 0 Å². The number of carbonyl (C=O) groups excluding carboxylic acids is 2. The summed E-state index contributed by atoms with van der Waals surface area (Å²) in [6.07, 6.45) is 0. The fourth-order valence-corrected chi connectivity index (χ4v) is 3.68. The highest BCUT2D eigenvalue weighted by atomic mass is 32.2. The second-order valence-corrected chi connectivity index (χ2v) is 8.01. The first-order valence-electron chi connectivity index (χ1n) is 8.81. The third-order valence-corrected chi connectivity index (χ3v) is 5.38. The molecule has 7 nitrogen and oxygen atoms in total. The summed E-state index contributed by atoms with van der Waals surface area (Å²) in [5.74, 6) is -1.58. The number of hydrogen-bond donors (Lipinski definition) is 3. The average molecular weight is 427 g/mol. The zero-order valence-corrected chi connectivity index (χ0v) is 16.7. The Hall–Kier alpha value is -3.72. The second kappa shape index (κ2) is 8.75. The molecular weight excluding hydrogens is 409 g/mol. The maximum absolute atomic E-state index is 14.0. The zero-order valence-electron chi connectivity index (χ0n) is 15.8. The van der Waals surface area contributed by atoms with Crippen molar-refractivity contribution in [1.29, 1.82) is 0 Å². The lowest BCUT2D eigenvalue weighted by Gasteiger charge is -2.11. The summed E-state index contributed by atoms with van der Waals surface area (Å²) in [5.41, 5.74) is 0.709. The highest BCUT2D eigenvalue weighted by Crippen LogP contribution is 2.21. The Kier molecular flexibility index (Phi) is 6.12. The van der Waals surface area contributed by atoms with Gasteiger partial charge in [-0.25, -0.2) is 12.8 Å². The Labute approximate surface area is 173 Å². The van der Waals surface area contributed by atoms with Gasteiger partial charge in [0.05, 0.1) is 10.6 Å². The Balaban J connectivity index is 1.72. The molecule has 0 radical (unpaired) electrons. The van der Waals surface area contributed by atoms with Crippen molar-refractivity contribution < 1.29 is 22.4 Å². The van der Waals surface area contributed by atoms with Crippen LogP contribution in [0.25, 0.3) is 0 Å². The van der Waals surface area contributed by atoms with Crippen LogP contribution in [0.15, 0.2) is 77.7 Å². The molecule has 9 heteroatoms. The minimum absolute atomic E-state index is 0.0971. The molecule has 3 N–H and O–H groups in total. The highest BCUT2D eigenvalue weighted by molar-refractivity contribution is 7.92. The number of carbonyl (C=O) groups is 2. The minimum Gasteiger partial charge on any atom is -0.326 e. The first-order valence-corrected chi connectivity index (χ1v) is 10.3. The Morgan fingerprint density at radius 1 is 0.833 bits per heavy atom. The lowest BCUT2D eigenvalue weighted by Crippen LogP contribution is -2.15. The van der Waals surface area contributed by atoms with E-state index in [-0.39, 0.29) is 27.7 Å². The van der Waals surface area contributed by atoms with Gasteiger partial charge in [-0.15, -0.1) is 0 Å². The molecule has 0 unspecified atom stereocenters. The standard InChI is InChI=1S/C21H18FN3O4S/c1-14(26)23-17-11-12-19(22)20(13-17)24-21(27)15-7-9-16(10-8-15)25-30(28,29)18-5-3-2-4-6-18/h2-13,25H,1H3,(H,23,26)(H,24,27). The van der Waals surface area contributed by atoms with E-state index in [9.17, 15) is 22.4 Å². The molecule has 0 aromatic heterocycles. The molecule has 0 bridgehead atoms. The maximum atomic E-state index is 14.0. The first-order chi connectivity index (χ1) is 14.2. The van der Waals surface area contributed by atoms with Crippen molar-refractivity contribution in [3.8, 4) is 0 Å². The van der Waals surface area contributed by atoms with E-state index in [4.69, 9.17) is 0 Å². The van der Waals surface area contributed by atoms with Gasteiger partial charge in [0.25, 0.3) is 15.9 Å². The van der Waals surface area contributed by atoms with Gasteiger partial charge in [-0.3, -0.25) is 14.3 Å². The Bertz CT molecular complexity index is 1180. The molecule has 3 aromatic rings. The van der Waals surface area contributed by atoms with Gasteiger partial charge in [-0.1, -0.05) is 18.2 Å². The third-order valence-electron chi connectivity index (χ3n) is 3.99. The molecule has 0 fully saturated rings. The molecule has 154 valence electrons. The van der Waals surface area contributed by atoms with Gasteiger partial charge in [-0.2, -0.15) is 0 Å². The Morgan fingerprint density at radius 3 is 2.10 bits per heavy atom. The first kappa shape index (κ1) is 21.0. The van der Waals surface area contributed by atoms with E-state index < -0.39 is 21.7 Å². The minimum atomic E-state index is -3.75. The third kappa shape index (κ3) is 5.21. The molecule has 0 saturated carbocycles. The van der Waals surface area contributed by atoms with Crippen LogP contribution in [0.1, 0.15) is 17.3 Å². The molecular formula is C21H18FN3O4S. The molecule has 3 rings (SSSR count). The molecule has 3 aromatic carbocycles. The second-order valence-electron chi connectivity index (χ2n) is 6.33. The van der Waals surface area contributed by atoms with E-state index in [0.29, 0.717) is 5.69 Å². The predicted octanol–water partition coefficient (Wildman–Crippen LogP) is 3.84. The van der Waals surface area contributed by atoms with Gasteiger partial charge in [0.1, 0.15) is 5.82 Å². The highest BCUT2D eigenvalue weighted by Gasteiger charge is 2.15. The molecule has 0 heterocycles. The molecule has 0 spiro atoms. The van der Waals surface area contributed by atoms with E-state index in [1.54, 1.807) is 18.2 Å². The van der Waals surface area contributed by atoms with E-state index in [2.05, 4.69) is 15.4 Å². The average Bonchev–Trinajstić information content (AvgIpc) is 2.71. The molecule has 0 aliphatic carbocycles. The van der Waals surface area contributed by atoms with Crippen molar-refractivity contribution >= 4 is 38.9 Å². The summed E-state index contributed by atoms with van der Waals surface area (Å²) in [6, 6.07) is 17.4. The number of benzene rings is 3. The van der Waals surface area contributed by atoms with Gasteiger partial charge >= 0.3 is 0 Å². The van der Waals surface area contributed by atoms with Gasteiger partial charge in [0.2, 0.25) is 5.91 Å². The number of nitrogens with one attached hydrogen (secondary N) is 3. The summed E-state index contributed by atoms with van der Waals surface area (Å²) < 4.78 is 41.1. The maximum Gasteiger partial charge on any atom is 0.261 e. The number of sulfonamides is 1. The molecule has 0 aliphatic heterocycles. The lowest BCUT2D eigenvalue weighted by molar-refractivity contribution is -0.114. The van der Waals surface area contributed by atoms with Crippen LogP contribution in [-0.4, -0.2) is 20.2 Å². The van der Waals surface area contributed by atoms with E-state index in [1.807, 2.05) is 0 Å². The summed E-state index contributed by atoms with van der Waals surface area (Å²) in [6.45, 7) is 1.31. The van der Waals surface area contributed by atoms with Crippen molar-refractivity contribution in [3.63, 3.8) is 0 Å². The summed E-state index contributed by atoms with van der Waals surface area (Å²) in [5, 5.41) is 4.94. The summed E-state index contributed by atoms with van der Waals surface area (Å²) in [4.78, 5) is 23.7. The Morgan fingerprint density at radius 2 is 1.47 bits per heavy atom. The molecule has 30 heavy (non-hydrogen) atoms. The summed E-state index contributed by atoms with van der Waals surface area (Å²) >= 11 is 0. The fourth-order valence-electron chi connectivity index (χ4n) is 2.60. The lowest BCUT2D eigenvalue weighted by atomic mass is 10.2. The number of anilines is 3. The number of rotatable bonds is 6. The van der Waals surface area contributed by atoms with Crippen molar-refractivity contribution in [1.82, 2.24) is 0 Å². The number of hydrogen-bond acceptors (Lipinski definition) is 4. The van der Waals surface area contributed by atoms with Crippen LogP contribution in [0.5, 0.6) is 0 Å². The summed E-state index contributed by atoms with van der Waals surface area (Å²) in [7, 11) is -3.75. The van der Waals surface area contributed by atoms with E-state index >= 15 is 0 Å². The topological polar surface area (TPSA) is 104 Å². The van der Waals surface area contributed by atoms with Crippen LogP contribution < -0.4 is 15.4 Å². The van der Waals surface area contributed by atoms with E-state index in [1.165, 1.54) is 55.5 Å². The zero-order chi connectivity index (χ0) is 21.7. The van der Waals surface area contributed by atoms with Gasteiger partial charge < -0.3 is 10.6 Å². The quantitative estimate of drug-likeness (QED) is 0.556. The van der Waals surface area contributed by atoms with Crippen LogP contribution in [-0.2, 0) is 14.8 Å². The van der Waals surface area contributed by atoms with Gasteiger partial charge in [-0.05, 0) is 54.6 Å². The van der Waals surface area contributed by atoms with Crippen LogP contribution in [0.4, 0.5) is 21.5 Å². The number of halogens is 1. The molecule has 2 amide bonds. The van der Waals surface area contributed by atoms with Crippen LogP contribution in [0.2, 0.25) is 0 Å². The van der Waals surface area contributed by atoms with Crippen molar-refractivity contribution in [3.05, 3.63) is 84.2 Å².